The first-order valence-electron chi connectivity index (χ1n) is 7.21. The van der Waals surface area contributed by atoms with Gasteiger partial charge in [-0.1, -0.05) is 0 Å². The minimum atomic E-state index is -0.368. The molecule has 1 aromatic carbocycles. The Morgan fingerprint density at radius 1 is 1.22 bits per heavy atom. The van der Waals surface area contributed by atoms with Crippen molar-refractivity contribution in [3.05, 3.63) is 53.0 Å². The molecule has 3 rings (SSSR count). The Labute approximate surface area is 137 Å². The summed E-state index contributed by atoms with van der Waals surface area (Å²) in [6.07, 6.45) is 0. The van der Waals surface area contributed by atoms with Crippen LogP contribution in [-0.4, -0.2) is 23.1 Å². The number of hydrogen-bond acceptors (Lipinski definition) is 4. The van der Waals surface area contributed by atoms with E-state index in [1.807, 2.05) is 29.1 Å². The van der Waals surface area contributed by atoms with Crippen LogP contribution in [0.25, 0.3) is 10.2 Å². The molecule has 5 nitrogen and oxygen atoms in total. The number of hydrogen-bond donors (Lipinski definition) is 1. The van der Waals surface area contributed by atoms with Gasteiger partial charge in [0.15, 0.2) is 0 Å². The number of nitrogens with one attached hydrogen (secondary N) is 1. The quantitative estimate of drug-likeness (QED) is 0.743. The maximum Gasteiger partial charge on any atom is 0.338 e. The van der Waals surface area contributed by atoms with Gasteiger partial charge in [-0.15, -0.1) is 11.3 Å². The lowest BCUT2D eigenvalue weighted by molar-refractivity contribution is 0.0526. The molecular weight excluding hydrogens is 312 g/mol. The van der Waals surface area contributed by atoms with E-state index < -0.39 is 0 Å². The van der Waals surface area contributed by atoms with Crippen LogP contribution in [0.1, 0.15) is 27.8 Å². The summed E-state index contributed by atoms with van der Waals surface area (Å²) < 4.78 is 7.88. The Morgan fingerprint density at radius 2 is 1.96 bits per heavy atom. The third kappa shape index (κ3) is 2.98. The molecule has 0 aliphatic heterocycles. The standard InChI is InChI=1S/C17H16N2O3S/c1-3-22-17(21)11-4-6-12(7-5-11)18-16(20)14-10-15-13(19(14)2)8-9-23-15/h4-10H,3H2,1-2H3,(H,18,20). The number of aryl methyl sites for hydroxylation is 1. The summed E-state index contributed by atoms with van der Waals surface area (Å²) in [6.45, 7) is 2.10. The van der Waals surface area contributed by atoms with Crippen molar-refractivity contribution < 1.29 is 14.3 Å². The molecular formula is C17H16N2O3S. The van der Waals surface area contributed by atoms with Crippen LogP contribution in [0.2, 0.25) is 0 Å². The first-order valence-corrected chi connectivity index (χ1v) is 8.09. The van der Waals surface area contributed by atoms with Crippen molar-refractivity contribution >= 4 is 39.1 Å². The summed E-state index contributed by atoms with van der Waals surface area (Å²) in [5, 5.41) is 4.84. The number of fused-ring (bicyclic) bond motifs is 1. The first-order chi connectivity index (χ1) is 11.1. The molecule has 0 atom stereocenters. The highest BCUT2D eigenvalue weighted by Crippen LogP contribution is 2.24. The number of carbonyl (C=O) groups is 2. The van der Waals surface area contributed by atoms with E-state index in [1.54, 1.807) is 42.5 Å². The Bertz CT molecular complexity index is 862. The van der Waals surface area contributed by atoms with E-state index in [2.05, 4.69) is 5.32 Å². The molecule has 2 heterocycles. The van der Waals surface area contributed by atoms with Crippen LogP contribution in [0.3, 0.4) is 0 Å². The molecule has 0 saturated carbocycles. The Balaban J connectivity index is 1.76. The Kier molecular flexibility index (Phi) is 4.16. The third-order valence-corrected chi connectivity index (χ3v) is 4.40. The minimum Gasteiger partial charge on any atom is -0.462 e. The van der Waals surface area contributed by atoms with E-state index in [4.69, 9.17) is 4.74 Å². The lowest BCUT2D eigenvalue weighted by Gasteiger charge is -2.07. The summed E-state index contributed by atoms with van der Waals surface area (Å²) >= 11 is 1.60. The lowest BCUT2D eigenvalue weighted by Crippen LogP contribution is -2.15. The summed E-state index contributed by atoms with van der Waals surface area (Å²) in [7, 11) is 1.87. The van der Waals surface area contributed by atoms with Crippen LogP contribution in [0, 0.1) is 0 Å². The lowest BCUT2D eigenvalue weighted by atomic mass is 10.2. The van der Waals surface area contributed by atoms with Crippen molar-refractivity contribution in [3.63, 3.8) is 0 Å². The van der Waals surface area contributed by atoms with E-state index in [9.17, 15) is 9.59 Å². The molecule has 0 radical (unpaired) electrons. The zero-order valence-corrected chi connectivity index (χ0v) is 13.6. The van der Waals surface area contributed by atoms with E-state index >= 15 is 0 Å². The molecule has 0 unspecified atom stereocenters. The maximum atomic E-state index is 12.4. The van der Waals surface area contributed by atoms with Gasteiger partial charge in [0, 0.05) is 12.7 Å². The molecule has 1 N–H and O–H groups in total. The second kappa shape index (κ2) is 6.26. The molecule has 3 aromatic rings. The molecule has 2 aromatic heterocycles. The van der Waals surface area contributed by atoms with E-state index in [-0.39, 0.29) is 11.9 Å². The SMILES string of the molecule is CCOC(=O)c1ccc(NC(=O)c2cc3sccc3n2C)cc1. The van der Waals surface area contributed by atoms with E-state index in [0.717, 1.165) is 10.2 Å². The molecule has 118 valence electrons. The van der Waals surface area contributed by atoms with Gasteiger partial charge < -0.3 is 14.6 Å². The number of anilines is 1. The number of rotatable bonds is 4. The Hall–Kier alpha value is -2.60. The number of benzene rings is 1. The van der Waals surface area contributed by atoms with Gasteiger partial charge in [0.25, 0.3) is 5.91 Å². The summed E-state index contributed by atoms with van der Waals surface area (Å²) in [5.41, 5.74) is 2.73. The topological polar surface area (TPSA) is 60.3 Å². The Morgan fingerprint density at radius 3 is 2.61 bits per heavy atom. The maximum absolute atomic E-state index is 12.4. The predicted molar refractivity (Wildman–Crippen MR) is 91.1 cm³/mol. The van der Waals surface area contributed by atoms with Crippen molar-refractivity contribution in [1.82, 2.24) is 4.57 Å². The average molecular weight is 328 g/mol. The van der Waals surface area contributed by atoms with Gasteiger partial charge in [-0.3, -0.25) is 4.79 Å². The van der Waals surface area contributed by atoms with Gasteiger partial charge in [0.2, 0.25) is 0 Å². The van der Waals surface area contributed by atoms with Crippen LogP contribution < -0.4 is 5.32 Å². The van der Waals surface area contributed by atoms with Crippen LogP contribution in [-0.2, 0) is 11.8 Å². The highest BCUT2D eigenvalue weighted by molar-refractivity contribution is 7.17. The molecule has 6 heteroatoms. The zero-order chi connectivity index (χ0) is 16.4. The number of carbonyl (C=O) groups excluding carboxylic acids is 2. The van der Waals surface area contributed by atoms with Gasteiger partial charge >= 0.3 is 5.97 Å². The number of esters is 1. The van der Waals surface area contributed by atoms with Crippen molar-refractivity contribution in [2.45, 2.75) is 6.92 Å². The van der Waals surface area contributed by atoms with Gasteiger partial charge in [-0.2, -0.15) is 0 Å². The number of thiophene rings is 1. The van der Waals surface area contributed by atoms with Gasteiger partial charge in [-0.05, 0) is 48.7 Å². The number of amides is 1. The van der Waals surface area contributed by atoms with E-state index in [0.29, 0.717) is 23.6 Å². The largest absolute Gasteiger partial charge is 0.462 e. The van der Waals surface area contributed by atoms with Crippen molar-refractivity contribution in [3.8, 4) is 0 Å². The van der Waals surface area contributed by atoms with Crippen LogP contribution >= 0.6 is 11.3 Å². The molecule has 0 spiro atoms. The van der Waals surface area contributed by atoms with E-state index in [1.165, 1.54) is 0 Å². The molecule has 0 aliphatic carbocycles. The second-order valence-corrected chi connectivity index (χ2v) is 5.96. The fourth-order valence-corrected chi connectivity index (χ4v) is 3.22. The normalized spacial score (nSPS) is 10.7. The fourth-order valence-electron chi connectivity index (χ4n) is 2.37. The predicted octanol–water partition coefficient (Wildman–Crippen LogP) is 3.67. The second-order valence-electron chi connectivity index (χ2n) is 5.01. The number of nitrogens with zero attached hydrogens (tertiary/aromatic N) is 1. The zero-order valence-electron chi connectivity index (χ0n) is 12.8. The first kappa shape index (κ1) is 15.3. The molecule has 0 bridgehead atoms. The number of ether oxygens (including phenoxy) is 1. The van der Waals surface area contributed by atoms with Gasteiger partial charge in [0.1, 0.15) is 5.69 Å². The molecule has 0 aliphatic rings. The average Bonchev–Trinajstić information content (AvgIpc) is 3.11. The minimum absolute atomic E-state index is 0.181. The smallest absolute Gasteiger partial charge is 0.338 e. The van der Waals surface area contributed by atoms with Crippen molar-refractivity contribution in [1.29, 1.82) is 0 Å². The molecule has 0 saturated heterocycles. The van der Waals surface area contributed by atoms with Crippen LogP contribution in [0.5, 0.6) is 0 Å². The van der Waals surface area contributed by atoms with Crippen molar-refractivity contribution in [2.75, 3.05) is 11.9 Å². The molecule has 23 heavy (non-hydrogen) atoms. The van der Waals surface area contributed by atoms with Gasteiger partial charge in [0.05, 0.1) is 22.4 Å². The highest BCUT2D eigenvalue weighted by atomic mass is 32.1. The monoisotopic (exact) mass is 328 g/mol. The molecule has 1 amide bonds. The summed E-state index contributed by atoms with van der Waals surface area (Å²) in [5.74, 6) is -0.548. The van der Waals surface area contributed by atoms with Gasteiger partial charge in [-0.25, -0.2) is 4.79 Å². The number of aromatic nitrogens is 1. The molecule has 0 fully saturated rings. The van der Waals surface area contributed by atoms with Crippen LogP contribution in [0.4, 0.5) is 5.69 Å². The van der Waals surface area contributed by atoms with Crippen LogP contribution in [0.15, 0.2) is 41.8 Å². The van der Waals surface area contributed by atoms with Crippen molar-refractivity contribution in [2.24, 2.45) is 7.05 Å². The summed E-state index contributed by atoms with van der Waals surface area (Å²) in [6, 6.07) is 10.5. The third-order valence-electron chi connectivity index (χ3n) is 3.55. The fraction of sp³-hybridized carbons (Fsp3) is 0.176. The highest BCUT2D eigenvalue weighted by Gasteiger charge is 2.14. The summed E-state index contributed by atoms with van der Waals surface area (Å²) in [4.78, 5) is 24.0.